The van der Waals surface area contributed by atoms with Gasteiger partial charge in [-0.2, -0.15) is 11.3 Å². The molecule has 0 unspecified atom stereocenters. The van der Waals surface area contributed by atoms with Crippen LogP contribution < -0.4 is 15.2 Å². The van der Waals surface area contributed by atoms with Gasteiger partial charge in [0.05, 0.1) is 13.7 Å². The fourth-order valence-electron chi connectivity index (χ4n) is 1.67. The Bertz CT molecular complexity index is 483. The molecule has 0 spiro atoms. The molecule has 2 N–H and O–H groups in total. The number of methoxy groups -OCH3 is 1. The van der Waals surface area contributed by atoms with Crippen molar-refractivity contribution in [3.63, 3.8) is 0 Å². The van der Waals surface area contributed by atoms with Crippen molar-refractivity contribution >= 4 is 11.3 Å². The largest absolute Gasteiger partial charge is 0.493 e. The van der Waals surface area contributed by atoms with E-state index in [1.54, 1.807) is 18.4 Å². The summed E-state index contributed by atoms with van der Waals surface area (Å²) in [5.74, 6) is 1.51. The van der Waals surface area contributed by atoms with Gasteiger partial charge in [-0.05, 0) is 40.1 Å². The van der Waals surface area contributed by atoms with Crippen LogP contribution in [-0.2, 0) is 13.0 Å². The summed E-state index contributed by atoms with van der Waals surface area (Å²) in [5.41, 5.74) is 7.93. The maximum Gasteiger partial charge on any atom is 0.161 e. The topological polar surface area (TPSA) is 44.5 Å². The quantitative estimate of drug-likeness (QED) is 0.871. The summed E-state index contributed by atoms with van der Waals surface area (Å²) in [5, 5.41) is 4.21. The van der Waals surface area contributed by atoms with Gasteiger partial charge < -0.3 is 15.2 Å². The van der Waals surface area contributed by atoms with Gasteiger partial charge in [-0.25, -0.2) is 0 Å². The Morgan fingerprint density at radius 3 is 2.72 bits per heavy atom. The first kappa shape index (κ1) is 12.9. The zero-order chi connectivity index (χ0) is 12.8. The van der Waals surface area contributed by atoms with Crippen molar-refractivity contribution in [3.8, 4) is 11.5 Å². The highest BCUT2D eigenvalue weighted by atomic mass is 32.1. The van der Waals surface area contributed by atoms with Gasteiger partial charge in [-0.15, -0.1) is 0 Å². The molecule has 0 atom stereocenters. The maximum atomic E-state index is 5.74. The lowest BCUT2D eigenvalue weighted by molar-refractivity contribution is 0.297. The highest BCUT2D eigenvalue weighted by molar-refractivity contribution is 7.07. The molecule has 1 aromatic heterocycles. The Labute approximate surface area is 111 Å². The van der Waals surface area contributed by atoms with Crippen molar-refractivity contribution in [2.75, 3.05) is 13.7 Å². The van der Waals surface area contributed by atoms with Gasteiger partial charge >= 0.3 is 0 Å². The van der Waals surface area contributed by atoms with Gasteiger partial charge in [0, 0.05) is 13.0 Å². The van der Waals surface area contributed by atoms with Gasteiger partial charge in [0.25, 0.3) is 0 Å². The normalized spacial score (nSPS) is 10.3. The molecular formula is C14H17NO2S. The van der Waals surface area contributed by atoms with Crippen LogP contribution in [0.1, 0.15) is 11.1 Å². The number of rotatable bonds is 6. The van der Waals surface area contributed by atoms with Crippen LogP contribution in [0.4, 0.5) is 0 Å². The van der Waals surface area contributed by atoms with E-state index in [9.17, 15) is 0 Å². The molecule has 0 saturated carbocycles. The van der Waals surface area contributed by atoms with E-state index in [-0.39, 0.29) is 0 Å². The summed E-state index contributed by atoms with van der Waals surface area (Å²) in [7, 11) is 1.64. The minimum Gasteiger partial charge on any atom is -0.493 e. The fourth-order valence-corrected chi connectivity index (χ4v) is 2.38. The second-order valence-electron chi connectivity index (χ2n) is 3.92. The molecule has 0 aliphatic heterocycles. The second-order valence-corrected chi connectivity index (χ2v) is 4.70. The number of ether oxygens (including phenoxy) is 2. The lowest BCUT2D eigenvalue weighted by atomic mass is 10.2. The maximum absolute atomic E-state index is 5.74. The van der Waals surface area contributed by atoms with E-state index >= 15 is 0 Å². The van der Waals surface area contributed by atoms with Gasteiger partial charge in [0.15, 0.2) is 11.5 Å². The van der Waals surface area contributed by atoms with E-state index in [2.05, 4.69) is 16.8 Å². The van der Waals surface area contributed by atoms with E-state index in [1.165, 1.54) is 5.56 Å². The summed E-state index contributed by atoms with van der Waals surface area (Å²) < 4.78 is 11.0. The molecule has 0 aliphatic carbocycles. The minimum absolute atomic E-state index is 0.505. The second kappa shape index (κ2) is 6.42. The van der Waals surface area contributed by atoms with Crippen molar-refractivity contribution in [1.29, 1.82) is 0 Å². The van der Waals surface area contributed by atoms with Gasteiger partial charge in [-0.3, -0.25) is 0 Å². The average Bonchev–Trinajstić information content (AvgIpc) is 2.92. The van der Waals surface area contributed by atoms with Crippen molar-refractivity contribution < 1.29 is 9.47 Å². The molecule has 0 saturated heterocycles. The van der Waals surface area contributed by atoms with Crippen LogP contribution in [0, 0.1) is 0 Å². The van der Waals surface area contributed by atoms with Crippen molar-refractivity contribution in [2.45, 2.75) is 13.0 Å². The fraction of sp³-hybridized carbons (Fsp3) is 0.286. The molecule has 18 heavy (non-hydrogen) atoms. The van der Waals surface area contributed by atoms with E-state index in [0.29, 0.717) is 13.2 Å². The first-order valence-electron chi connectivity index (χ1n) is 5.84. The Balaban J connectivity index is 1.96. The van der Waals surface area contributed by atoms with Gasteiger partial charge in [0.2, 0.25) is 0 Å². The number of hydrogen-bond donors (Lipinski definition) is 1. The molecule has 0 bridgehead atoms. The third kappa shape index (κ3) is 3.24. The molecule has 0 aliphatic rings. The third-order valence-electron chi connectivity index (χ3n) is 2.69. The standard InChI is InChI=1S/C14H17NO2S/c1-16-14-8-12(9-15)2-3-13(14)17-6-4-11-5-7-18-10-11/h2-3,5,7-8,10H,4,6,9,15H2,1H3. The van der Waals surface area contributed by atoms with Crippen LogP contribution >= 0.6 is 11.3 Å². The lowest BCUT2D eigenvalue weighted by Gasteiger charge is -2.11. The van der Waals surface area contributed by atoms with Crippen LogP contribution in [-0.4, -0.2) is 13.7 Å². The number of thiophene rings is 1. The molecule has 0 radical (unpaired) electrons. The molecule has 0 fully saturated rings. The summed E-state index contributed by atoms with van der Waals surface area (Å²) in [4.78, 5) is 0. The van der Waals surface area contributed by atoms with Crippen LogP contribution in [0.2, 0.25) is 0 Å². The van der Waals surface area contributed by atoms with Gasteiger partial charge in [-0.1, -0.05) is 6.07 Å². The first-order valence-corrected chi connectivity index (χ1v) is 6.78. The van der Waals surface area contributed by atoms with Crippen molar-refractivity contribution in [1.82, 2.24) is 0 Å². The Kier molecular flexibility index (Phi) is 4.61. The number of hydrogen-bond acceptors (Lipinski definition) is 4. The molecule has 1 heterocycles. The van der Waals surface area contributed by atoms with Gasteiger partial charge in [0.1, 0.15) is 0 Å². The average molecular weight is 263 g/mol. The van der Waals surface area contributed by atoms with Crippen LogP contribution in [0.3, 0.4) is 0 Å². The zero-order valence-corrected chi connectivity index (χ0v) is 11.2. The third-order valence-corrected chi connectivity index (χ3v) is 3.42. The summed E-state index contributed by atoms with van der Waals surface area (Å²) >= 11 is 1.70. The highest BCUT2D eigenvalue weighted by Gasteiger charge is 2.05. The smallest absolute Gasteiger partial charge is 0.161 e. The predicted octanol–water partition coefficient (Wildman–Crippen LogP) is 2.84. The lowest BCUT2D eigenvalue weighted by Crippen LogP contribution is -2.03. The predicted molar refractivity (Wildman–Crippen MR) is 74.4 cm³/mol. The molecule has 4 heteroatoms. The van der Waals surface area contributed by atoms with E-state index in [0.717, 1.165) is 23.5 Å². The van der Waals surface area contributed by atoms with Crippen LogP contribution in [0.5, 0.6) is 11.5 Å². The Morgan fingerprint density at radius 2 is 2.06 bits per heavy atom. The molecule has 2 aromatic rings. The summed E-state index contributed by atoms with van der Waals surface area (Å²) in [6.45, 7) is 1.15. The number of benzene rings is 1. The summed E-state index contributed by atoms with van der Waals surface area (Å²) in [6, 6.07) is 7.90. The highest BCUT2D eigenvalue weighted by Crippen LogP contribution is 2.28. The molecule has 1 aromatic carbocycles. The molecular weight excluding hydrogens is 246 g/mol. The first-order chi connectivity index (χ1) is 8.83. The van der Waals surface area contributed by atoms with E-state index in [4.69, 9.17) is 15.2 Å². The van der Waals surface area contributed by atoms with Crippen molar-refractivity contribution in [3.05, 3.63) is 46.2 Å². The molecule has 2 rings (SSSR count). The Hall–Kier alpha value is -1.52. The molecule has 96 valence electrons. The Morgan fingerprint density at radius 1 is 1.17 bits per heavy atom. The van der Waals surface area contributed by atoms with E-state index < -0.39 is 0 Å². The summed E-state index contributed by atoms with van der Waals surface area (Å²) in [6.07, 6.45) is 0.908. The minimum atomic E-state index is 0.505. The SMILES string of the molecule is COc1cc(CN)ccc1OCCc1ccsc1. The van der Waals surface area contributed by atoms with Crippen molar-refractivity contribution in [2.24, 2.45) is 5.73 Å². The molecule has 0 amide bonds. The van der Waals surface area contributed by atoms with E-state index in [1.807, 2.05) is 18.2 Å². The van der Waals surface area contributed by atoms with Crippen LogP contribution in [0.25, 0.3) is 0 Å². The zero-order valence-electron chi connectivity index (χ0n) is 10.4. The van der Waals surface area contributed by atoms with Crippen LogP contribution in [0.15, 0.2) is 35.0 Å². The number of nitrogens with two attached hydrogens (primary N) is 1. The monoisotopic (exact) mass is 263 g/mol. The molecule has 3 nitrogen and oxygen atoms in total.